The molecule has 0 spiro atoms. The number of hydrogen-bond acceptors (Lipinski definition) is 2. The predicted molar refractivity (Wildman–Crippen MR) is 63.6 cm³/mol. The van der Waals surface area contributed by atoms with Gasteiger partial charge in [-0.3, -0.25) is 0 Å². The molecule has 1 radical (unpaired) electrons. The average molecular weight is 215 g/mol. The summed E-state index contributed by atoms with van der Waals surface area (Å²) in [5, 5.41) is 0. The van der Waals surface area contributed by atoms with Crippen LogP contribution in [-0.2, 0) is 0 Å². The van der Waals surface area contributed by atoms with Crippen LogP contribution in [0, 0.1) is 6.07 Å². The van der Waals surface area contributed by atoms with Crippen LogP contribution in [0.4, 0.5) is 0 Å². The van der Waals surface area contributed by atoms with E-state index in [9.17, 15) is 0 Å². The van der Waals surface area contributed by atoms with E-state index in [1.807, 2.05) is 54.8 Å². The first kappa shape index (κ1) is 10.1. The number of para-hydroxylation sites is 2. The minimum Gasteiger partial charge on any atom is -0.456 e. The number of ether oxygens (including phenoxy) is 1. The van der Waals surface area contributed by atoms with Gasteiger partial charge in [-0.15, -0.1) is 11.8 Å². The fraction of sp³-hybridized carbons (Fsp3) is 0.0769. The summed E-state index contributed by atoms with van der Waals surface area (Å²) >= 11 is 1.66. The molecule has 0 aromatic heterocycles. The minimum absolute atomic E-state index is 0.788. The third-order valence-corrected chi connectivity index (χ3v) is 2.73. The van der Waals surface area contributed by atoms with Crippen molar-refractivity contribution >= 4 is 11.8 Å². The third kappa shape index (κ3) is 2.54. The van der Waals surface area contributed by atoms with Crippen molar-refractivity contribution in [2.24, 2.45) is 0 Å². The Balaban J connectivity index is 2.24. The molecule has 0 atom stereocenters. The molecule has 75 valence electrons. The number of benzene rings is 2. The quantitative estimate of drug-likeness (QED) is 0.716. The van der Waals surface area contributed by atoms with Gasteiger partial charge in [0.25, 0.3) is 0 Å². The first-order valence-electron chi connectivity index (χ1n) is 4.68. The Labute approximate surface area is 94.1 Å². The molecule has 0 unspecified atom stereocenters. The Morgan fingerprint density at radius 2 is 1.87 bits per heavy atom. The standard InChI is InChI=1S/C13H11OS/c1-15-13-10-6-5-9-12(13)14-11-7-3-2-4-8-11/h2-8,10H,1H3. The van der Waals surface area contributed by atoms with E-state index in [-0.39, 0.29) is 0 Å². The third-order valence-electron chi connectivity index (χ3n) is 1.97. The van der Waals surface area contributed by atoms with Gasteiger partial charge in [0.1, 0.15) is 11.5 Å². The normalized spacial score (nSPS) is 9.93. The zero-order valence-electron chi connectivity index (χ0n) is 8.44. The van der Waals surface area contributed by atoms with Gasteiger partial charge in [0.05, 0.1) is 4.90 Å². The minimum atomic E-state index is 0.788. The monoisotopic (exact) mass is 215 g/mol. The van der Waals surface area contributed by atoms with E-state index >= 15 is 0 Å². The molecule has 2 heteroatoms. The lowest BCUT2D eigenvalue weighted by molar-refractivity contribution is 0.470. The van der Waals surface area contributed by atoms with Crippen molar-refractivity contribution in [1.29, 1.82) is 0 Å². The summed E-state index contributed by atoms with van der Waals surface area (Å²) in [5.41, 5.74) is 0. The fourth-order valence-corrected chi connectivity index (χ4v) is 1.75. The van der Waals surface area contributed by atoms with Crippen molar-refractivity contribution in [2.45, 2.75) is 4.90 Å². The van der Waals surface area contributed by atoms with E-state index < -0.39 is 0 Å². The van der Waals surface area contributed by atoms with Gasteiger partial charge in [-0.25, -0.2) is 0 Å². The lowest BCUT2D eigenvalue weighted by Crippen LogP contribution is -1.85. The highest BCUT2D eigenvalue weighted by Gasteiger charge is 2.02. The molecule has 15 heavy (non-hydrogen) atoms. The molecule has 0 amide bonds. The highest BCUT2D eigenvalue weighted by Crippen LogP contribution is 2.30. The average Bonchev–Trinajstić information content (AvgIpc) is 2.31. The Kier molecular flexibility index (Phi) is 3.30. The van der Waals surface area contributed by atoms with Crippen molar-refractivity contribution in [3.63, 3.8) is 0 Å². The Bertz CT molecular complexity index is 426. The van der Waals surface area contributed by atoms with Gasteiger partial charge in [0.2, 0.25) is 0 Å². The second kappa shape index (κ2) is 4.89. The van der Waals surface area contributed by atoms with Gasteiger partial charge in [0.15, 0.2) is 0 Å². The second-order valence-electron chi connectivity index (χ2n) is 2.98. The van der Waals surface area contributed by atoms with Crippen LogP contribution < -0.4 is 4.74 Å². The maximum Gasteiger partial charge on any atom is 0.148 e. The molecule has 2 rings (SSSR count). The van der Waals surface area contributed by atoms with Crippen LogP contribution in [0.15, 0.2) is 53.4 Å². The van der Waals surface area contributed by atoms with Gasteiger partial charge in [-0.1, -0.05) is 30.3 Å². The van der Waals surface area contributed by atoms with Gasteiger partial charge < -0.3 is 4.74 Å². The smallest absolute Gasteiger partial charge is 0.148 e. The van der Waals surface area contributed by atoms with Gasteiger partial charge in [-0.2, -0.15) is 0 Å². The summed E-state index contributed by atoms with van der Waals surface area (Å²) in [6.45, 7) is 0. The van der Waals surface area contributed by atoms with Crippen LogP contribution in [0.25, 0.3) is 0 Å². The zero-order chi connectivity index (χ0) is 10.5. The van der Waals surface area contributed by atoms with Crippen molar-refractivity contribution in [1.82, 2.24) is 0 Å². The van der Waals surface area contributed by atoms with E-state index in [1.54, 1.807) is 11.8 Å². The largest absolute Gasteiger partial charge is 0.456 e. The van der Waals surface area contributed by atoms with Gasteiger partial charge in [-0.05, 0) is 24.5 Å². The summed E-state index contributed by atoms with van der Waals surface area (Å²) in [7, 11) is 0. The van der Waals surface area contributed by atoms with Crippen LogP contribution in [-0.4, -0.2) is 6.26 Å². The van der Waals surface area contributed by atoms with Crippen LogP contribution in [0.3, 0.4) is 0 Å². The van der Waals surface area contributed by atoms with Crippen LogP contribution >= 0.6 is 11.8 Å². The first-order valence-corrected chi connectivity index (χ1v) is 5.90. The van der Waals surface area contributed by atoms with E-state index in [0.29, 0.717) is 0 Å². The Hall–Kier alpha value is -1.41. The molecule has 0 heterocycles. The maximum atomic E-state index is 5.72. The fourth-order valence-electron chi connectivity index (χ4n) is 1.25. The van der Waals surface area contributed by atoms with E-state index in [4.69, 9.17) is 4.74 Å². The predicted octanol–water partition coefficient (Wildman–Crippen LogP) is 4.00. The highest BCUT2D eigenvalue weighted by molar-refractivity contribution is 7.98. The molecule has 0 saturated heterocycles. The molecule has 0 aliphatic carbocycles. The van der Waals surface area contributed by atoms with E-state index in [1.165, 1.54) is 0 Å². The summed E-state index contributed by atoms with van der Waals surface area (Å²) in [5.74, 6) is 1.63. The maximum absolute atomic E-state index is 5.72. The van der Waals surface area contributed by atoms with E-state index in [0.717, 1.165) is 16.4 Å². The second-order valence-corrected chi connectivity index (χ2v) is 3.83. The lowest BCUT2D eigenvalue weighted by atomic mass is 10.3. The molecule has 0 saturated carbocycles. The first-order chi connectivity index (χ1) is 7.40. The molecule has 0 aliphatic heterocycles. The lowest BCUT2D eigenvalue weighted by Gasteiger charge is -2.08. The van der Waals surface area contributed by atoms with Crippen molar-refractivity contribution in [2.75, 3.05) is 6.26 Å². The SMILES string of the molecule is CSc1ccc[c]c1Oc1ccccc1. The van der Waals surface area contributed by atoms with Crippen LogP contribution in [0.2, 0.25) is 0 Å². The topological polar surface area (TPSA) is 9.23 Å². The molecular weight excluding hydrogens is 204 g/mol. The molecule has 2 aromatic carbocycles. The molecular formula is C13H11OS. The molecule has 0 fully saturated rings. The van der Waals surface area contributed by atoms with Gasteiger partial charge >= 0.3 is 0 Å². The number of rotatable bonds is 3. The zero-order valence-corrected chi connectivity index (χ0v) is 9.25. The molecule has 0 bridgehead atoms. The Morgan fingerprint density at radius 3 is 2.60 bits per heavy atom. The Morgan fingerprint density at radius 1 is 1.07 bits per heavy atom. The number of thioether (sulfide) groups is 1. The summed E-state index contributed by atoms with van der Waals surface area (Å²) in [6.07, 6.45) is 2.03. The number of hydrogen-bond donors (Lipinski definition) is 0. The van der Waals surface area contributed by atoms with Crippen molar-refractivity contribution < 1.29 is 4.74 Å². The highest BCUT2D eigenvalue weighted by atomic mass is 32.2. The van der Waals surface area contributed by atoms with Crippen molar-refractivity contribution in [3.8, 4) is 11.5 Å². The summed E-state index contributed by atoms with van der Waals surface area (Å²) in [4.78, 5) is 1.10. The van der Waals surface area contributed by atoms with Crippen molar-refractivity contribution in [3.05, 3.63) is 54.6 Å². The van der Waals surface area contributed by atoms with Crippen LogP contribution in [0.5, 0.6) is 11.5 Å². The summed E-state index contributed by atoms with van der Waals surface area (Å²) in [6, 6.07) is 18.7. The molecule has 0 aliphatic rings. The van der Waals surface area contributed by atoms with Gasteiger partial charge in [0, 0.05) is 6.07 Å². The molecule has 1 nitrogen and oxygen atoms in total. The molecule has 0 N–H and O–H groups in total. The van der Waals surface area contributed by atoms with E-state index in [2.05, 4.69) is 6.07 Å². The van der Waals surface area contributed by atoms with Crippen LogP contribution in [0.1, 0.15) is 0 Å². The molecule has 2 aromatic rings. The summed E-state index contributed by atoms with van der Waals surface area (Å²) < 4.78 is 5.72.